The summed E-state index contributed by atoms with van der Waals surface area (Å²) in [5.74, 6) is 0. The van der Waals surface area contributed by atoms with E-state index in [9.17, 15) is 0 Å². The molecule has 0 radical (unpaired) electrons. The molecule has 0 N–H and O–H groups in total. The normalized spacial score (nSPS) is 11.5. The van der Waals surface area contributed by atoms with Crippen LogP contribution in [0, 0.1) is 0 Å². The van der Waals surface area contributed by atoms with Gasteiger partial charge < -0.3 is 0 Å². The number of pyridine rings is 2. The number of rotatable bonds is 4. The lowest BCUT2D eigenvalue weighted by atomic mass is 9.91. The summed E-state index contributed by atoms with van der Waals surface area (Å²) in [6, 6.07) is 56.6. The number of nitrogens with zero attached hydrogens (tertiary/aromatic N) is 2. The maximum atomic E-state index is 4.78. The Morgan fingerprint density at radius 2 is 0.739 bits per heavy atom. The van der Waals surface area contributed by atoms with Crippen LogP contribution >= 0.6 is 0 Å². The summed E-state index contributed by atoms with van der Waals surface area (Å²) >= 11 is 0. The molecule has 9 aromatic rings. The number of benzene rings is 7. The fourth-order valence-electron chi connectivity index (χ4n) is 6.72. The average Bonchev–Trinajstić information content (AvgIpc) is 3.14. The van der Waals surface area contributed by atoms with Crippen molar-refractivity contribution in [1.82, 2.24) is 9.97 Å². The first-order valence-corrected chi connectivity index (χ1v) is 15.6. The summed E-state index contributed by atoms with van der Waals surface area (Å²) in [5.41, 5.74) is 11.2. The zero-order valence-corrected chi connectivity index (χ0v) is 25.1. The van der Waals surface area contributed by atoms with E-state index in [4.69, 9.17) is 9.97 Å². The molecular formula is C44H28N2. The van der Waals surface area contributed by atoms with Crippen LogP contribution in [-0.2, 0) is 0 Å². The molecule has 0 fully saturated rings. The first-order chi connectivity index (χ1) is 22.8. The van der Waals surface area contributed by atoms with Crippen molar-refractivity contribution in [3.05, 3.63) is 170 Å². The molecule has 214 valence electrons. The second-order valence-electron chi connectivity index (χ2n) is 11.9. The smallest absolute Gasteiger partial charge is 0.0702 e. The highest BCUT2D eigenvalue weighted by Crippen LogP contribution is 2.38. The summed E-state index contributed by atoms with van der Waals surface area (Å²) in [6.45, 7) is 0. The van der Waals surface area contributed by atoms with E-state index in [1.54, 1.807) is 0 Å². The van der Waals surface area contributed by atoms with Crippen molar-refractivity contribution >= 4 is 43.4 Å². The Morgan fingerprint density at radius 3 is 1.35 bits per heavy atom. The van der Waals surface area contributed by atoms with Crippen LogP contribution in [0.15, 0.2) is 170 Å². The van der Waals surface area contributed by atoms with E-state index in [0.717, 1.165) is 49.6 Å². The van der Waals surface area contributed by atoms with E-state index >= 15 is 0 Å². The Hall–Kier alpha value is -6.12. The number of para-hydroxylation sites is 2. The van der Waals surface area contributed by atoms with Gasteiger partial charge in [0.2, 0.25) is 0 Å². The molecule has 0 saturated carbocycles. The molecule has 2 heterocycles. The second-order valence-corrected chi connectivity index (χ2v) is 11.9. The summed E-state index contributed by atoms with van der Waals surface area (Å²) < 4.78 is 0. The maximum absolute atomic E-state index is 4.78. The molecule has 2 aromatic heterocycles. The maximum Gasteiger partial charge on any atom is 0.0702 e. The first-order valence-electron chi connectivity index (χ1n) is 15.6. The van der Waals surface area contributed by atoms with E-state index in [2.05, 4.69) is 146 Å². The van der Waals surface area contributed by atoms with Crippen LogP contribution < -0.4 is 0 Å². The lowest BCUT2D eigenvalue weighted by Crippen LogP contribution is -1.89. The van der Waals surface area contributed by atoms with Gasteiger partial charge in [0.25, 0.3) is 0 Å². The number of fused-ring (bicyclic) bond motifs is 5. The van der Waals surface area contributed by atoms with Crippen LogP contribution in [0.25, 0.3) is 87.9 Å². The SMILES string of the molecule is c1ccc2ncc(-c3cc(-c4ccc(-c5cc6ccccc6c6ccccc56)cc4)cc(-c4cnc5ccccc5c4)c3)cc2c1. The molecule has 0 unspecified atom stereocenters. The Morgan fingerprint density at radius 1 is 0.283 bits per heavy atom. The molecule has 2 heteroatoms. The third-order valence-electron chi connectivity index (χ3n) is 9.08. The standard InChI is InChI=1S/C44H28N2/c1-4-12-39-31(9-1)26-42(41-14-6-5-13-40(39)41)30-19-17-29(18-20-30)34-23-35(37-21-32-10-2-7-15-43(32)45-27-37)25-36(24-34)38-22-33-11-3-8-16-44(33)46-28-38/h1-28H. The minimum absolute atomic E-state index is 0.998. The fourth-order valence-corrected chi connectivity index (χ4v) is 6.72. The van der Waals surface area contributed by atoms with Gasteiger partial charge in [-0.2, -0.15) is 0 Å². The van der Waals surface area contributed by atoms with Crippen molar-refractivity contribution in [2.75, 3.05) is 0 Å². The quantitative estimate of drug-likeness (QED) is 0.192. The van der Waals surface area contributed by atoms with Crippen LogP contribution in [0.4, 0.5) is 0 Å². The van der Waals surface area contributed by atoms with Gasteiger partial charge in [-0.1, -0.05) is 109 Å². The highest BCUT2D eigenvalue weighted by Gasteiger charge is 2.12. The van der Waals surface area contributed by atoms with Gasteiger partial charge >= 0.3 is 0 Å². The fraction of sp³-hybridized carbons (Fsp3) is 0. The van der Waals surface area contributed by atoms with E-state index in [-0.39, 0.29) is 0 Å². The zero-order valence-electron chi connectivity index (χ0n) is 25.1. The van der Waals surface area contributed by atoms with Crippen molar-refractivity contribution < 1.29 is 0 Å². The van der Waals surface area contributed by atoms with E-state index in [0.29, 0.717) is 0 Å². The Balaban J connectivity index is 1.19. The molecule has 0 aliphatic rings. The number of aromatic nitrogens is 2. The van der Waals surface area contributed by atoms with Crippen LogP contribution in [-0.4, -0.2) is 9.97 Å². The number of hydrogen-bond donors (Lipinski definition) is 0. The predicted octanol–water partition coefficient (Wildman–Crippen LogP) is 11.8. The Labute approximate surface area is 267 Å². The summed E-state index contributed by atoms with van der Waals surface area (Å²) in [4.78, 5) is 9.57. The van der Waals surface area contributed by atoms with E-state index in [1.807, 2.05) is 24.5 Å². The monoisotopic (exact) mass is 584 g/mol. The van der Waals surface area contributed by atoms with Crippen molar-refractivity contribution in [1.29, 1.82) is 0 Å². The van der Waals surface area contributed by atoms with Gasteiger partial charge in [0.15, 0.2) is 0 Å². The highest BCUT2D eigenvalue weighted by atomic mass is 14.7. The van der Waals surface area contributed by atoms with Crippen LogP contribution in [0.1, 0.15) is 0 Å². The summed E-state index contributed by atoms with van der Waals surface area (Å²) in [7, 11) is 0. The third kappa shape index (κ3) is 4.60. The van der Waals surface area contributed by atoms with Gasteiger partial charge in [-0.25, -0.2) is 0 Å². The van der Waals surface area contributed by atoms with Crippen LogP contribution in [0.5, 0.6) is 0 Å². The van der Waals surface area contributed by atoms with Gasteiger partial charge in [-0.15, -0.1) is 0 Å². The molecule has 0 spiro atoms. The molecule has 46 heavy (non-hydrogen) atoms. The van der Waals surface area contributed by atoms with E-state index in [1.165, 1.54) is 38.2 Å². The highest BCUT2D eigenvalue weighted by molar-refractivity contribution is 6.13. The number of hydrogen-bond acceptors (Lipinski definition) is 2. The molecule has 7 aromatic carbocycles. The second kappa shape index (κ2) is 10.8. The van der Waals surface area contributed by atoms with E-state index < -0.39 is 0 Å². The van der Waals surface area contributed by atoms with Gasteiger partial charge in [0, 0.05) is 34.3 Å². The van der Waals surface area contributed by atoms with Crippen molar-refractivity contribution in [2.45, 2.75) is 0 Å². The molecule has 9 rings (SSSR count). The Kier molecular flexibility index (Phi) is 6.17. The third-order valence-corrected chi connectivity index (χ3v) is 9.08. The van der Waals surface area contributed by atoms with Crippen molar-refractivity contribution in [3.63, 3.8) is 0 Å². The minimum atomic E-state index is 0.998. The molecule has 0 aliphatic carbocycles. The predicted molar refractivity (Wildman–Crippen MR) is 194 cm³/mol. The van der Waals surface area contributed by atoms with Crippen LogP contribution in [0.3, 0.4) is 0 Å². The molecule has 0 amide bonds. The van der Waals surface area contributed by atoms with Crippen molar-refractivity contribution in [3.8, 4) is 44.5 Å². The van der Waals surface area contributed by atoms with Gasteiger partial charge in [-0.3, -0.25) is 9.97 Å². The lowest BCUT2D eigenvalue weighted by Gasteiger charge is -2.14. The Bertz CT molecular complexity index is 2480. The summed E-state index contributed by atoms with van der Waals surface area (Å²) in [5, 5.41) is 7.35. The first kappa shape index (κ1) is 26.3. The lowest BCUT2D eigenvalue weighted by molar-refractivity contribution is 1.40. The summed E-state index contributed by atoms with van der Waals surface area (Å²) in [6.07, 6.45) is 3.97. The molecule has 0 saturated heterocycles. The molecule has 0 bridgehead atoms. The van der Waals surface area contributed by atoms with Gasteiger partial charge in [0.05, 0.1) is 11.0 Å². The molecule has 0 atom stereocenters. The largest absolute Gasteiger partial charge is 0.256 e. The molecular weight excluding hydrogens is 556 g/mol. The zero-order chi connectivity index (χ0) is 30.5. The van der Waals surface area contributed by atoms with Gasteiger partial charge in [0.1, 0.15) is 0 Å². The average molecular weight is 585 g/mol. The van der Waals surface area contributed by atoms with Crippen LogP contribution in [0.2, 0.25) is 0 Å². The van der Waals surface area contributed by atoms with Gasteiger partial charge in [-0.05, 0) is 103 Å². The molecule has 0 aliphatic heterocycles. The van der Waals surface area contributed by atoms with Crippen molar-refractivity contribution in [2.24, 2.45) is 0 Å². The minimum Gasteiger partial charge on any atom is -0.256 e. The molecule has 2 nitrogen and oxygen atoms in total. The topological polar surface area (TPSA) is 25.8 Å².